The fourth-order valence-electron chi connectivity index (χ4n) is 3.87. The normalized spacial score (nSPS) is 18.2. The Bertz CT molecular complexity index is 942. The van der Waals surface area contributed by atoms with Gasteiger partial charge in [0, 0.05) is 44.5 Å². The van der Waals surface area contributed by atoms with Crippen molar-refractivity contribution < 1.29 is 0 Å². The number of halogens is 1. The summed E-state index contributed by atoms with van der Waals surface area (Å²) in [5.41, 5.74) is 2.32. The molecule has 2 aliphatic rings. The minimum Gasteiger partial charge on any atom is -0.355 e. The van der Waals surface area contributed by atoms with Gasteiger partial charge in [-0.1, -0.05) is 11.6 Å². The van der Waals surface area contributed by atoms with E-state index in [4.69, 9.17) is 16.7 Å². The van der Waals surface area contributed by atoms with Crippen molar-refractivity contribution in [3.8, 4) is 0 Å². The smallest absolute Gasteiger partial charge is 0.225 e. The Balaban J connectivity index is 1.31. The number of piperidine rings is 1. The highest BCUT2D eigenvalue weighted by Crippen LogP contribution is 2.40. The molecule has 27 heavy (non-hydrogen) atoms. The topological polar surface area (TPSA) is 62.5 Å². The van der Waals surface area contributed by atoms with Gasteiger partial charge in [0.05, 0.1) is 23.1 Å². The predicted molar refractivity (Wildman–Crippen MR) is 106 cm³/mol. The van der Waals surface area contributed by atoms with Gasteiger partial charge >= 0.3 is 0 Å². The molecule has 8 heteroatoms. The van der Waals surface area contributed by atoms with Crippen LogP contribution in [0.25, 0.3) is 5.52 Å². The first-order valence-corrected chi connectivity index (χ1v) is 9.86. The molecule has 0 bridgehead atoms. The van der Waals surface area contributed by atoms with Gasteiger partial charge in [-0.3, -0.25) is 0 Å². The van der Waals surface area contributed by atoms with Crippen molar-refractivity contribution in [2.75, 3.05) is 29.9 Å². The number of hydrogen-bond acceptors (Lipinski definition) is 6. The SMILES string of the molecule is CN(c1ncc(Cl)cn1)C1CCN(c2nccn3nc(C4CC4)cc23)CC1. The van der Waals surface area contributed by atoms with E-state index in [0.717, 1.165) is 43.2 Å². The Labute approximate surface area is 163 Å². The largest absolute Gasteiger partial charge is 0.355 e. The van der Waals surface area contributed by atoms with Gasteiger partial charge in [-0.2, -0.15) is 5.10 Å². The van der Waals surface area contributed by atoms with E-state index in [1.165, 1.54) is 18.5 Å². The molecular formula is C19H22ClN7. The Kier molecular flexibility index (Phi) is 4.11. The fraction of sp³-hybridized carbons (Fsp3) is 0.474. The Morgan fingerprint density at radius 2 is 1.81 bits per heavy atom. The number of aromatic nitrogens is 5. The monoisotopic (exact) mass is 383 g/mol. The summed E-state index contributed by atoms with van der Waals surface area (Å²) in [6.07, 6.45) is 11.7. The lowest BCUT2D eigenvalue weighted by molar-refractivity contribution is 0.475. The van der Waals surface area contributed by atoms with E-state index < -0.39 is 0 Å². The van der Waals surface area contributed by atoms with Crippen LogP contribution >= 0.6 is 11.6 Å². The van der Waals surface area contributed by atoms with Crippen molar-refractivity contribution in [1.82, 2.24) is 24.6 Å². The van der Waals surface area contributed by atoms with Crippen LogP contribution in [0.4, 0.5) is 11.8 Å². The first-order valence-electron chi connectivity index (χ1n) is 9.48. The lowest BCUT2D eigenvalue weighted by atomic mass is 10.0. The van der Waals surface area contributed by atoms with Gasteiger partial charge in [0.15, 0.2) is 5.82 Å². The molecule has 0 N–H and O–H groups in total. The second-order valence-electron chi connectivity index (χ2n) is 7.45. The van der Waals surface area contributed by atoms with E-state index in [2.05, 4.69) is 37.9 Å². The summed E-state index contributed by atoms with van der Waals surface area (Å²) in [5, 5.41) is 5.30. The maximum Gasteiger partial charge on any atom is 0.225 e. The van der Waals surface area contributed by atoms with Gasteiger partial charge in [0.1, 0.15) is 5.52 Å². The molecule has 4 heterocycles. The Morgan fingerprint density at radius 3 is 2.52 bits per heavy atom. The molecule has 2 fully saturated rings. The average Bonchev–Trinajstić information content (AvgIpc) is 3.46. The number of anilines is 2. The van der Waals surface area contributed by atoms with Crippen LogP contribution in [-0.4, -0.2) is 50.7 Å². The zero-order chi connectivity index (χ0) is 18.4. The lowest BCUT2D eigenvalue weighted by Crippen LogP contribution is -2.44. The summed E-state index contributed by atoms with van der Waals surface area (Å²) in [7, 11) is 2.06. The van der Waals surface area contributed by atoms with Crippen molar-refractivity contribution >= 4 is 28.9 Å². The third-order valence-corrected chi connectivity index (χ3v) is 5.81. The van der Waals surface area contributed by atoms with E-state index in [-0.39, 0.29) is 0 Å². The lowest BCUT2D eigenvalue weighted by Gasteiger charge is -2.37. The molecule has 1 saturated carbocycles. The summed E-state index contributed by atoms with van der Waals surface area (Å²) in [4.78, 5) is 17.9. The standard InChI is InChI=1S/C19H22ClN7/c1-25(19-22-11-14(20)12-23-19)15-4-7-26(8-5-15)18-17-10-16(13-2-3-13)24-27(17)9-6-21-18/h6,9-13,15H,2-5,7-8H2,1H3. The number of rotatable bonds is 4. The number of fused-ring (bicyclic) bond motifs is 1. The third-order valence-electron chi connectivity index (χ3n) is 5.62. The van der Waals surface area contributed by atoms with Crippen LogP contribution in [0, 0.1) is 0 Å². The van der Waals surface area contributed by atoms with Crippen molar-refractivity contribution in [2.24, 2.45) is 0 Å². The molecule has 0 unspecified atom stereocenters. The van der Waals surface area contributed by atoms with Crippen molar-refractivity contribution in [2.45, 2.75) is 37.6 Å². The molecule has 3 aromatic heterocycles. The highest BCUT2D eigenvalue weighted by Gasteiger charge is 2.29. The summed E-state index contributed by atoms with van der Waals surface area (Å²) in [6.45, 7) is 1.92. The second-order valence-corrected chi connectivity index (χ2v) is 7.89. The molecule has 0 radical (unpaired) electrons. The minimum absolute atomic E-state index is 0.411. The summed E-state index contributed by atoms with van der Waals surface area (Å²) >= 11 is 5.90. The average molecular weight is 384 g/mol. The summed E-state index contributed by atoms with van der Waals surface area (Å²) in [5.74, 6) is 2.42. The molecule has 1 aliphatic carbocycles. The molecule has 0 atom stereocenters. The molecule has 0 spiro atoms. The first kappa shape index (κ1) is 16.7. The molecule has 3 aromatic rings. The molecule has 5 rings (SSSR count). The maximum absolute atomic E-state index is 5.90. The number of nitrogens with zero attached hydrogens (tertiary/aromatic N) is 7. The van der Waals surface area contributed by atoms with Crippen molar-refractivity contribution in [1.29, 1.82) is 0 Å². The Hall–Kier alpha value is -2.41. The maximum atomic E-state index is 5.90. The highest BCUT2D eigenvalue weighted by molar-refractivity contribution is 6.30. The van der Waals surface area contributed by atoms with Gasteiger partial charge in [0.2, 0.25) is 5.95 Å². The molecular weight excluding hydrogens is 362 g/mol. The van der Waals surface area contributed by atoms with Crippen LogP contribution in [0.1, 0.15) is 37.3 Å². The van der Waals surface area contributed by atoms with Crippen LogP contribution in [0.5, 0.6) is 0 Å². The zero-order valence-corrected chi connectivity index (χ0v) is 16.0. The quantitative estimate of drug-likeness (QED) is 0.689. The number of hydrogen-bond donors (Lipinski definition) is 0. The van der Waals surface area contributed by atoms with Gasteiger partial charge in [-0.25, -0.2) is 19.5 Å². The van der Waals surface area contributed by atoms with E-state index in [1.54, 1.807) is 12.4 Å². The summed E-state index contributed by atoms with van der Waals surface area (Å²) in [6, 6.07) is 2.63. The van der Waals surface area contributed by atoms with Crippen molar-refractivity contribution in [3.05, 3.63) is 41.6 Å². The van der Waals surface area contributed by atoms with Crippen LogP contribution < -0.4 is 9.80 Å². The van der Waals surface area contributed by atoms with Crippen LogP contribution in [0.3, 0.4) is 0 Å². The van der Waals surface area contributed by atoms with Crippen LogP contribution in [0.2, 0.25) is 5.02 Å². The minimum atomic E-state index is 0.411. The van der Waals surface area contributed by atoms with Gasteiger partial charge in [-0.15, -0.1) is 0 Å². The summed E-state index contributed by atoms with van der Waals surface area (Å²) < 4.78 is 1.98. The van der Waals surface area contributed by atoms with E-state index in [1.807, 2.05) is 16.9 Å². The van der Waals surface area contributed by atoms with Gasteiger partial charge in [-0.05, 0) is 31.7 Å². The van der Waals surface area contributed by atoms with Crippen LogP contribution in [0.15, 0.2) is 30.9 Å². The zero-order valence-electron chi connectivity index (χ0n) is 15.3. The highest BCUT2D eigenvalue weighted by atomic mass is 35.5. The molecule has 7 nitrogen and oxygen atoms in total. The molecule has 140 valence electrons. The van der Waals surface area contributed by atoms with Gasteiger partial charge in [0.25, 0.3) is 0 Å². The first-order chi connectivity index (χ1) is 13.2. The second kappa shape index (κ2) is 6.64. The van der Waals surface area contributed by atoms with E-state index in [0.29, 0.717) is 17.0 Å². The predicted octanol–water partition coefficient (Wildman–Crippen LogP) is 3.16. The van der Waals surface area contributed by atoms with E-state index >= 15 is 0 Å². The molecule has 1 saturated heterocycles. The van der Waals surface area contributed by atoms with Crippen molar-refractivity contribution in [3.63, 3.8) is 0 Å². The third kappa shape index (κ3) is 3.20. The van der Waals surface area contributed by atoms with Gasteiger partial charge < -0.3 is 9.80 Å². The van der Waals surface area contributed by atoms with Crippen LogP contribution in [-0.2, 0) is 0 Å². The molecule has 0 aromatic carbocycles. The Morgan fingerprint density at radius 1 is 1.07 bits per heavy atom. The fourth-order valence-corrected chi connectivity index (χ4v) is 3.96. The molecule has 0 amide bonds. The van der Waals surface area contributed by atoms with E-state index in [9.17, 15) is 0 Å². The molecule has 1 aliphatic heterocycles.